The number of hydrogen-bond donors (Lipinski definition) is 2. The summed E-state index contributed by atoms with van der Waals surface area (Å²) in [6.45, 7) is 2.99. The van der Waals surface area contributed by atoms with E-state index >= 15 is 0 Å². The van der Waals surface area contributed by atoms with Gasteiger partial charge < -0.3 is 15.5 Å². The number of carbonyl (C=O) groups is 1. The van der Waals surface area contributed by atoms with E-state index in [0.29, 0.717) is 5.92 Å². The Morgan fingerprint density at radius 1 is 1.46 bits per heavy atom. The molecule has 0 radical (unpaired) electrons. The minimum absolute atomic E-state index is 0.0125. The van der Waals surface area contributed by atoms with E-state index in [1.54, 1.807) is 19.0 Å². The fourth-order valence-corrected chi connectivity index (χ4v) is 1.48. The zero-order valence-corrected chi connectivity index (χ0v) is 8.47. The second-order valence-electron chi connectivity index (χ2n) is 3.77. The highest BCUT2D eigenvalue weighted by molar-refractivity contribution is 5.73. The molecule has 4 nitrogen and oxygen atoms in total. The van der Waals surface area contributed by atoms with Crippen LogP contribution in [-0.2, 0) is 0 Å². The molecule has 2 N–H and O–H groups in total. The molecule has 1 fully saturated rings. The van der Waals surface area contributed by atoms with E-state index in [2.05, 4.69) is 10.6 Å². The van der Waals surface area contributed by atoms with Gasteiger partial charge in [-0.05, 0) is 31.8 Å². The normalized spacial score (nSPS) is 18.3. The number of nitrogens with zero attached hydrogens (tertiary/aromatic N) is 1. The predicted octanol–water partition coefficient (Wildman–Crippen LogP) is 0.257. The lowest BCUT2D eigenvalue weighted by Crippen LogP contribution is -2.40. The van der Waals surface area contributed by atoms with Gasteiger partial charge in [0.1, 0.15) is 0 Å². The zero-order chi connectivity index (χ0) is 9.68. The van der Waals surface area contributed by atoms with Crippen molar-refractivity contribution in [3.8, 4) is 0 Å². The molecule has 0 spiro atoms. The second kappa shape index (κ2) is 5.07. The van der Waals surface area contributed by atoms with Gasteiger partial charge in [-0.1, -0.05) is 0 Å². The van der Waals surface area contributed by atoms with Crippen molar-refractivity contribution in [2.45, 2.75) is 12.8 Å². The smallest absolute Gasteiger partial charge is 0.316 e. The summed E-state index contributed by atoms with van der Waals surface area (Å²) in [6.07, 6.45) is 2.35. The molecule has 1 heterocycles. The SMILES string of the molecule is CN(C)C(=O)NCC1CCNCC1. The highest BCUT2D eigenvalue weighted by Crippen LogP contribution is 2.09. The lowest BCUT2D eigenvalue weighted by molar-refractivity contribution is 0.213. The minimum Gasteiger partial charge on any atom is -0.338 e. The minimum atomic E-state index is 0.0125. The van der Waals surface area contributed by atoms with E-state index < -0.39 is 0 Å². The van der Waals surface area contributed by atoms with Crippen molar-refractivity contribution in [3.05, 3.63) is 0 Å². The lowest BCUT2D eigenvalue weighted by Gasteiger charge is -2.23. The highest BCUT2D eigenvalue weighted by atomic mass is 16.2. The third kappa shape index (κ3) is 3.63. The number of urea groups is 1. The van der Waals surface area contributed by atoms with Crippen molar-refractivity contribution in [1.29, 1.82) is 0 Å². The molecule has 4 heteroatoms. The third-order valence-corrected chi connectivity index (χ3v) is 2.41. The average molecular weight is 185 g/mol. The average Bonchev–Trinajstić information content (AvgIpc) is 2.15. The van der Waals surface area contributed by atoms with Gasteiger partial charge >= 0.3 is 6.03 Å². The molecule has 1 aliphatic rings. The Balaban J connectivity index is 2.13. The predicted molar refractivity (Wildman–Crippen MR) is 52.7 cm³/mol. The number of nitrogens with one attached hydrogen (secondary N) is 2. The first kappa shape index (κ1) is 10.3. The van der Waals surface area contributed by atoms with Gasteiger partial charge in [0, 0.05) is 20.6 Å². The summed E-state index contributed by atoms with van der Waals surface area (Å²) in [5.74, 6) is 0.658. The molecule has 2 amide bonds. The van der Waals surface area contributed by atoms with Crippen molar-refractivity contribution in [1.82, 2.24) is 15.5 Å². The third-order valence-electron chi connectivity index (χ3n) is 2.41. The van der Waals surface area contributed by atoms with Crippen molar-refractivity contribution < 1.29 is 4.79 Å². The number of rotatable bonds is 2. The molecule has 13 heavy (non-hydrogen) atoms. The van der Waals surface area contributed by atoms with Crippen LogP contribution in [0.1, 0.15) is 12.8 Å². The molecule has 1 rings (SSSR count). The number of carbonyl (C=O) groups excluding carboxylic acids is 1. The maximum absolute atomic E-state index is 11.2. The fourth-order valence-electron chi connectivity index (χ4n) is 1.48. The largest absolute Gasteiger partial charge is 0.338 e. The van der Waals surface area contributed by atoms with Crippen LogP contribution in [0.25, 0.3) is 0 Å². The van der Waals surface area contributed by atoms with Gasteiger partial charge in [0.15, 0.2) is 0 Å². The Morgan fingerprint density at radius 3 is 2.62 bits per heavy atom. The summed E-state index contributed by atoms with van der Waals surface area (Å²) < 4.78 is 0. The molecule has 0 aliphatic carbocycles. The Bertz CT molecular complexity index is 164. The van der Waals surface area contributed by atoms with Gasteiger partial charge in [-0.15, -0.1) is 0 Å². The van der Waals surface area contributed by atoms with Crippen LogP contribution in [0.15, 0.2) is 0 Å². The first-order valence-electron chi connectivity index (χ1n) is 4.86. The molecule has 1 saturated heterocycles. The van der Waals surface area contributed by atoms with E-state index in [0.717, 1.165) is 19.6 Å². The van der Waals surface area contributed by atoms with Crippen molar-refractivity contribution >= 4 is 6.03 Å². The van der Waals surface area contributed by atoms with Crippen LogP contribution in [0.2, 0.25) is 0 Å². The van der Waals surface area contributed by atoms with Crippen LogP contribution < -0.4 is 10.6 Å². The van der Waals surface area contributed by atoms with E-state index in [1.807, 2.05) is 0 Å². The van der Waals surface area contributed by atoms with Crippen molar-refractivity contribution in [2.75, 3.05) is 33.7 Å². The summed E-state index contributed by atoms with van der Waals surface area (Å²) in [4.78, 5) is 12.8. The summed E-state index contributed by atoms with van der Waals surface area (Å²) in [7, 11) is 3.52. The zero-order valence-electron chi connectivity index (χ0n) is 8.47. The summed E-state index contributed by atoms with van der Waals surface area (Å²) in [6, 6.07) is 0.0125. The summed E-state index contributed by atoms with van der Waals surface area (Å²) in [5.41, 5.74) is 0. The highest BCUT2D eigenvalue weighted by Gasteiger charge is 2.13. The summed E-state index contributed by atoms with van der Waals surface area (Å²) >= 11 is 0. The van der Waals surface area contributed by atoms with Crippen molar-refractivity contribution in [2.24, 2.45) is 5.92 Å². The van der Waals surface area contributed by atoms with Crippen LogP contribution in [0, 0.1) is 5.92 Å². The summed E-state index contributed by atoms with van der Waals surface area (Å²) in [5, 5.41) is 6.21. The van der Waals surface area contributed by atoms with Gasteiger partial charge in [0.05, 0.1) is 0 Å². The molecule has 0 unspecified atom stereocenters. The van der Waals surface area contributed by atoms with Gasteiger partial charge in [0.2, 0.25) is 0 Å². The Hall–Kier alpha value is -0.770. The molecular formula is C9H19N3O. The van der Waals surface area contributed by atoms with Crippen molar-refractivity contribution in [3.63, 3.8) is 0 Å². The van der Waals surface area contributed by atoms with Crippen LogP contribution in [0.4, 0.5) is 4.79 Å². The van der Waals surface area contributed by atoms with Crippen LogP contribution in [0.3, 0.4) is 0 Å². The lowest BCUT2D eigenvalue weighted by atomic mass is 9.98. The van der Waals surface area contributed by atoms with Gasteiger partial charge in [0.25, 0.3) is 0 Å². The first-order chi connectivity index (χ1) is 6.20. The van der Waals surface area contributed by atoms with Crippen LogP contribution >= 0.6 is 0 Å². The molecule has 0 bridgehead atoms. The Morgan fingerprint density at radius 2 is 2.08 bits per heavy atom. The monoisotopic (exact) mass is 185 g/mol. The fraction of sp³-hybridized carbons (Fsp3) is 0.889. The number of piperidine rings is 1. The van der Waals surface area contributed by atoms with Crippen LogP contribution in [-0.4, -0.2) is 44.7 Å². The standard InChI is InChI=1S/C9H19N3O/c1-12(2)9(13)11-7-8-3-5-10-6-4-8/h8,10H,3-7H2,1-2H3,(H,11,13). The molecular weight excluding hydrogens is 166 g/mol. The quantitative estimate of drug-likeness (QED) is 0.648. The molecule has 0 saturated carbocycles. The van der Waals surface area contributed by atoms with Crippen LogP contribution in [0.5, 0.6) is 0 Å². The second-order valence-corrected chi connectivity index (χ2v) is 3.77. The number of hydrogen-bond acceptors (Lipinski definition) is 2. The molecule has 1 aliphatic heterocycles. The van der Waals surface area contributed by atoms with E-state index in [-0.39, 0.29) is 6.03 Å². The topological polar surface area (TPSA) is 44.4 Å². The molecule has 0 aromatic carbocycles. The number of amides is 2. The Labute approximate surface area is 79.7 Å². The molecule has 0 aromatic heterocycles. The van der Waals surface area contributed by atoms with Gasteiger partial charge in [-0.25, -0.2) is 4.79 Å². The van der Waals surface area contributed by atoms with E-state index in [4.69, 9.17) is 0 Å². The Kier molecular flexibility index (Phi) is 4.02. The molecule has 0 aromatic rings. The van der Waals surface area contributed by atoms with Gasteiger partial charge in [-0.3, -0.25) is 0 Å². The molecule has 76 valence electrons. The molecule has 0 atom stereocenters. The van der Waals surface area contributed by atoms with E-state index in [9.17, 15) is 4.79 Å². The van der Waals surface area contributed by atoms with E-state index in [1.165, 1.54) is 12.8 Å². The maximum atomic E-state index is 11.2. The first-order valence-corrected chi connectivity index (χ1v) is 4.86. The maximum Gasteiger partial charge on any atom is 0.316 e. The van der Waals surface area contributed by atoms with Gasteiger partial charge in [-0.2, -0.15) is 0 Å².